The van der Waals surface area contributed by atoms with Gasteiger partial charge < -0.3 is 9.84 Å². The third kappa shape index (κ3) is 4.20. The highest BCUT2D eigenvalue weighted by atomic mass is 16.6. The Hall–Kier alpha value is -4.46. The van der Waals surface area contributed by atoms with E-state index in [4.69, 9.17) is 4.74 Å². The van der Waals surface area contributed by atoms with E-state index in [1.807, 2.05) is 18.2 Å². The SMILES string of the molecule is COc1ccc(/C=C/C(=O)c2ccc3ccccc3c2O)cc1Cn1cc([N+](=O)[O-])cn1. The molecule has 1 N–H and O–H groups in total. The van der Waals surface area contributed by atoms with Gasteiger partial charge in [-0.2, -0.15) is 5.10 Å². The number of carbonyl (C=O) groups excluding carboxylic acids is 1. The molecule has 0 spiro atoms. The Labute approximate surface area is 183 Å². The Morgan fingerprint density at radius 1 is 1.22 bits per heavy atom. The molecule has 4 aromatic rings. The van der Waals surface area contributed by atoms with Gasteiger partial charge in [-0.1, -0.05) is 42.5 Å². The second-order valence-corrected chi connectivity index (χ2v) is 7.10. The van der Waals surface area contributed by atoms with Gasteiger partial charge in [-0.15, -0.1) is 0 Å². The molecule has 0 radical (unpaired) electrons. The fourth-order valence-electron chi connectivity index (χ4n) is 3.45. The molecule has 8 nitrogen and oxygen atoms in total. The summed E-state index contributed by atoms with van der Waals surface area (Å²) in [6.07, 6.45) is 5.57. The number of methoxy groups -OCH3 is 1. The number of benzene rings is 3. The summed E-state index contributed by atoms with van der Waals surface area (Å²) in [4.78, 5) is 23.1. The van der Waals surface area contributed by atoms with Crippen molar-refractivity contribution in [2.24, 2.45) is 0 Å². The van der Waals surface area contributed by atoms with Gasteiger partial charge in [0.25, 0.3) is 0 Å². The van der Waals surface area contributed by atoms with Crippen LogP contribution >= 0.6 is 0 Å². The molecule has 8 heteroatoms. The number of fused-ring (bicyclic) bond motifs is 1. The van der Waals surface area contributed by atoms with Crippen molar-refractivity contribution in [3.05, 3.63) is 99.9 Å². The zero-order chi connectivity index (χ0) is 22.7. The van der Waals surface area contributed by atoms with E-state index in [2.05, 4.69) is 5.10 Å². The van der Waals surface area contributed by atoms with Gasteiger partial charge in [-0.3, -0.25) is 19.6 Å². The lowest BCUT2D eigenvalue weighted by atomic mass is 10.0. The first-order valence-electron chi connectivity index (χ1n) is 9.73. The molecular weight excluding hydrogens is 410 g/mol. The molecule has 0 saturated carbocycles. The van der Waals surface area contributed by atoms with Crippen molar-refractivity contribution in [1.29, 1.82) is 0 Å². The second kappa shape index (κ2) is 8.73. The number of nitro groups is 1. The molecule has 0 aliphatic heterocycles. The Morgan fingerprint density at radius 3 is 2.78 bits per heavy atom. The van der Waals surface area contributed by atoms with Crippen LogP contribution in [0.15, 0.2) is 73.1 Å². The molecule has 3 aromatic carbocycles. The summed E-state index contributed by atoms with van der Waals surface area (Å²) in [5, 5.41) is 26.9. The number of phenols is 1. The lowest BCUT2D eigenvalue weighted by Gasteiger charge is -2.09. The van der Waals surface area contributed by atoms with Crippen LogP contribution in [0.25, 0.3) is 16.8 Å². The zero-order valence-corrected chi connectivity index (χ0v) is 17.1. The Balaban J connectivity index is 1.58. The number of carbonyl (C=O) groups is 1. The Kier molecular flexibility index (Phi) is 5.67. The number of ether oxygens (including phenoxy) is 1. The molecule has 0 bridgehead atoms. The normalized spacial score (nSPS) is 11.2. The van der Waals surface area contributed by atoms with Crippen LogP contribution in [-0.4, -0.2) is 32.7 Å². The number of phenolic OH excluding ortho intramolecular Hbond substituents is 1. The van der Waals surface area contributed by atoms with Gasteiger partial charge in [0.1, 0.15) is 23.9 Å². The van der Waals surface area contributed by atoms with Crippen molar-refractivity contribution >= 4 is 28.3 Å². The topological polar surface area (TPSA) is 107 Å². The van der Waals surface area contributed by atoms with Crippen molar-refractivity contribution in [3.63, 3.8) is 0 Å². The number of rotatable bonds is 7. The van der Waals surface area contributed by atoms with Crippen molar-refractivity contribution in [3.8, 4) is 11.5 Å². The number of aromatic hydroxyl groups is 1. The van der Waals surface area contributed by atoms with Gasteiger partial charge in [0, 0.05) is 10.9 Å². The summed E-state index contributed by atoms with van der Waals surface area (Å²) in [6, 6.07) is 16.1. The van der Waals surface area contributed by atoms with Crippen molar-refractivity contribution in [2.75, 3.05) is 7.11 Å². The number of aromatic nitrogens is 2. The molecule has 32 heavy (non-hydrogen) atoms. The standard InChI is InChI=1S/C24H19N3O5/c1-32-23-11-7-16(12-18(23)14-26-15-19(13-25-26)27(30)31)6-10-22(28)21-9-8-17-4-2-3-5-20(17)24(21)29/h2-13,15,29H,14H2,1H3/b10-6+. The van der Waals surface area contributed by atoms with Gasteiger partial charge in [0.05, 0.1) is 24.1 Å². The second-order valence-electron chi connectivity index (χ2n) is 7.10. The van der Waals surface area contributed by atoms with E-state index in [0.29, 0.717) is 11.1 Å². The number of hydrogen-bond acceptors (Lipinski definition) is 6. The molecule has 1 aromatic heterocycles. The summed E-state index contributed by atoms with van der Waals surface area (Å²) in [5.74, 6) is 0.223. The number of nitrogens with zero attached hydrogens (tertiary/aromatic N) is 3. The van der Waals surface area contributed by atoms with Crippen LogP contribution in [0, 0.1) is 10.1 Å². The van der Waals surface area contributed by atoms with Gasteiger partial charge in [0.15, 0.2) is 5.78 Å². The van der Waals surface area contributed by atoms with E-state index < -0.39 is 4.92 Å². The molecule has 0 amide bonds. The van der Waals surface area contributed by atoms with Gasteiger partial charge in [-0.25, -0.2) is 0 Å². The van der Waals surface area contributed by atoms with E-state index in [-0.39, 0.29) is 29.3 Å². The first-order chi connectivity index (χ1) is 15.5. The van der Waals surface area contributed by atoms with Crippen LogP contribution in [0.2, 0.25) is 0 Å². The molecular formula is C24H19N3O5. The van der Waals surface area contributed by atoms with E-state index in [9.17, 15) is 20.0 Å². The lowest BCUT2D eigenvalue weighted by molar-refractivity contribution is -0.385. The summed E-state index contributed by atoms with van der Waals surface area (Å²) >= 11 is 0. The maximum atomic E-state index is 12.7. The predicted octanol–water partition coefficient (Wildman–Crippen LogP) is 4.60. The van der Waals surface area contributed by atoms with E-state index >= 15 is 0 Å². The average Bonchev–Trinajstić information content (AvgIpc) is 3.27. The van der Waals surface area contributed by atoms with Crippen LogP contribution in [-0.2, 0) is 6.54 Å². The van der Waals surface area contributed by atoms with Crippen molar-refractivity contribution < 1.29 is 19.6 Å². The van der Waals surface area contributed by atoms with Gasteiger partial charge >= 0.3 is 5.69 Å². The van der Waals surface area contributed by atoms with E-state index in [1.54, 1.807) is 42.5 Å². The number of allylic oxidation sites excluding steroid dienone is 1. The first kappa shape index (κ1) is 20.8. The van der Waals surface area contributed by atoms with Crippen LogP contribution < -0.4 is 4.74 Å². The maximum absolute atomic E-state index is 12.7. The highest BCUT2D eigenvalue weighted by Gasteiger charge is 2.13. The number of ketones is 1. The molecule has 0 aliphatic rings. The molecule has 0 atom stereocenters. The summed E-state index contributed by atoms with van der Waals surface area (Å²) in [6.45, 7) is 0.262. The minimum Gasteiger partial charge on any atom is -0.507 e. The Morgan fingerprint density at radius 2 is 2.03 bits per heavy atom. The molecule has 0 unspecified atom stereocenters. The van der Waals surface area contributed by atoms with Gasteiger partial charge in [0.2, 0.25) is 0 Å². The fraction of sp³-hybridized carbons (Fsp3) is 0.0833. The zero-order valence-electron chi connectivity index (χ0n) is 17.1. The Bertz CT molecular complexity index is 1360. The summed E-state index contributed by atoms with van der Waals surface area (Å²) in [7, 11) is 1.53. The quantitative estimate of drug-likeness (QED) is 0.199. The summed E-state index contributed by atoms with van der Waals surface area (Å²) in [5.41, 5.74) is 1.60. The molecule has 160 valence electrons. The molecule has 1 heterocycles. The van der Waals surface area contributed by atoms with Crippen LogP contribution in [0.5, 0.6) is 11.5 Å². The van der Waals surface area contributed by atoms with Crippen molar-refractivity contribution in [2.45, 2.75) is 6.54 Å². The number of hydrogen-bond donors (Lipinski definition) is 1. The van der Waals surface area contributed by atoms with E-state index in [1.165, 1.54) is 30.3 Å². The smallest absolute Gasteiger partial charge is 0.307 e. The lowest BCUT2D eigenvalue weighted by Crippen LogP contribution is -2.02. The minimum atomic E-state index is -0.506. The summed E-state index contributed by atoms with van der Waals surface area (Å²) < 4.78 is 6.83. The van der Waals surface area contributed by atoms with Crippen molar-refractivity contribution in [1.82, 2.24) is 9.78 Å². The minimum absolute atomic E-state index is 0.0477. The first-order valence-corrected chi connectivity index (χ1v) is 9.73. The van der Waals surface area contributed by atoms with Crippen LogP contribution in [0.4, 0.5) is 5.69 Å². The largest absolute Gasteiger partial charge is 0.507 e. The molecule has 0 aliphatic carbocycles. The fourth-order valence-corrected chi connectivity index (χ4v) is 3.45. The van der Waals surface area contributed by atoms with Gasteiger partial charge in [-0.05, 0) is 35.2 Å². The highest BCUT2D eigenvalue weighted by Crippen LogP contribution is 2.29. The average molecular weight is 429 g/mol. The monoisotopic (exact) mass is 429 g/mol. The third-order valence-corrected chi connectivity index (χ3v) is 5.06. The van der Waals surface area contributed by atoms with E-state index in [0.717, 1.165) is 16.5 Å². The highest BCUT2D eigenvalue weighted by molar-refractivity contribution is 6.11. The van der Waals surface area contributed by atoms with Crippen LogP contribution in [0.3, 0.4) is 0 Å². The molecule has 0 fully saturated rings. The molecule has 4 rings (SSSR count). The maximum Gasteiger partial charge on any atom is 0.307 e. The predicted molar refractivity (Wildman–Crippen MR) is 120 cm³/mol. The third-order valence-electron chi connectivity index (χ3n) is 5.06. The molecule has 0 saturated heterocycles. The van der Waals surface area contributed by atoms with Crippen LogP contribution in [0.1, 0.15) is 21.5 Å².